The number of nitrogens with one attached hydrogen (secondary N) is 1. The second-order valence-corrected chi connectivity index (χ2v) is 11.0. The van der Waals surface area contributed by atoms with Crippen LogP contribution in [0.1, 0.15) is 43.2 Å². The number of halogens is 1. The summed E-state index contributed by atoms with van der Waals surface area (Å²) < 4.78 is 5.25. The van der Waals surface area contributed by atoms with Gasteiger partial charge in [-0.3, -0.25) is 5.32 Å². The second-order valence-electron chi connectivity index (χ2n) is 9.38. The number of aliphatic carboxylic acids is 1. The lowest BCUT2D eigenvalue weighted by molar-refractivity contribution is -0.129. The highest BCUT2D eigenvalue weighted by molar-refractivity contribution is 7.20. The van der Waals surface area contributed by atoms with Crippen LogP contribution in [0.3, 0.4) is 0 Å². The van der Waals surface area contributed by atoms with Crippen LogP contribution >= 0.6 is 22.9 Å². The smallest absolute Gasteiger partial charge is 0.413 e. The predicted molar refractivity (Wildman–Crippen MR) is 151 cm³/mol. The van der Waals surface area contributed by atoms with Gasteiger partial charge in [-0.2, -0.15) is 0 Å². The Morgan fingerprint density at radius 3 is 1.74 bits per heavy atom. The molecule has 1 heterocycles. The lowest BCUT2D eigenvalue weighted by Gasteiger charge is -2.33. The van der Waals surface area contributed by atoms with Crippen LogP contribution in [0.25, 0.3) is 0 Å². The van der Waals surface area contributed by atoms with E-state index in [2.05, 4.69) is 15.5 Å². The third-order valence-corrected chi connectivity index (χ3v) is 6.61. The molecule has 0 spiro atoms. The molecule has 0 unspecified atom stereocenters. The molecule has 0 aliphatic rings. The highest BCUT2D eigenvalue weighted by Crippen LogP contribution is 2.41. The molecule has 39 heavy (non-hydrogen) atoms. The van der Waals surface area contributed by atoms with Gasteiger partial charge in [0.15, 0.2) is 5.13 Å². The molecule has 0 saturated carbocycles. The molecule has 0 aliphatic carbocycles. The zero-order valence-electron chi connectivity index (χ0n) is 21.4. The van der Waals surface area contributed by atoms with Crippen molar-refractivity contribution in [3.8, 4) is 0 Å². The van der Waals surface area contributed by atoms with E-state index < -0.39 is 29.0 Å². The van der Waals surface area contributed by atoms with Crippen molar-refractivity contribution in [2.45, 2.75) is 32.0 Å². The van der Waals surface area contributed by atoms with Crippen molar-refractivity contribution in [3.05, 3.63) is 118 Å². The number of benzene rings is 3. The molecule has 0 aliphatic heterocycles. The van der Waals surface area contributed by atoms with E-state index in [1.54, 1.807) is 20.8 Å². The number of carboxylic acids is 1. The summed E-state index contributed by atoms with van der Waals surface area (Å²) in [4.78, 5) is 35.1. The number of anilines is 1. The third kappa shape index (κ3) is 6.45. The first-order chi connectivity index (χ1) is 18.6. The number of carbonyl (C=O) groups excluding carboxylic acids is 1. The molecule has 0 fully saturated rings. The van der Waals surface area contributed by atoms with Gasteiger partial charge in [-0.25, -0.2) is 14.6 Å². The summed E-state index contributed by atoms with van der Waals surface area (Å²) in [6.45, 7) is 5.16. The highest BCUT2D eigenvalue weighted by Gasteiger charge is 2.40. The van der Waals surface area contributed by atoms with Crippen LogP contribution in [0.2, 0.25) is 4.34 Å². The Morgan fingerprint density at radius 1 is 0.872 bits per heavy atom. The molecule has 0 radical (unpaired) electrons. The maximum absolute atomic E-state index is 12.4. The molecule has 200 valence electrons. The Morgan fingerprint density at radius 2 is 1.33 bits per heavy atom. The molecule has 3 aromatic carbocycles. The third-order valence-electron chi connectivity index (χ3n) is 5.44. The van der Waals surface area contributed by atoms with Gasteiger partial charge in [-0.1, -0.05) is 119 Å². The molecule has 10 heteroatoms. The molecule has 1 amide bonds. The largest absolute Gasteiger partial charge is 0.476 e. The van der Waals surface area contributed by atoms with Gasteiger partial charge in [0, 0.05) is 16.7 Å². The Labute approximate surface area is 234 Å². The normalized spacial score (nSPS) is 12.1. The average molecular weight is 564 g/mol. The average Bonchev–Trinajstić information content (AvgIpc) is 3.26. The minimum absolute atomic E-state index is 0.00976. The number of ether oxygens (including phenoxy) is 1. The molecule has 1 aromatic heterocycles. The maximum atomic E-state index is 12.4. The number of hydrogen-bond donors (Lipinski definition) is 2. The number of carboxylic acid groups (broad SMARTS) is 1. The van der Waals surface area contributed by atoms with Crippen molar-refractivity contribution in [1.29, 1.82) is 0 Å². The Kier molecular flexibility index (Phi) is 8.32. The van der Waals surface area contributed by atoms with Gasteiger partial charge in [-0.05, 0) is 20.8 Å². The molecule has 0 atom stereocenters. The summed E-state index contributed by atoms with van der Waals surface area (Å²) in [7, 11) is 0. The summed E-state index contributed by atoms with van der Waals surface area (Å²) in [5.74, 6) is -1.41. The Bertz CT molecular complexity index is 1370. The van der Waals surface area contributed by atoms with Gasteiger partial charge in [0.05, 0.1) is 0 Å². The predicted octanol–water partition coefficient (Wildman–Crippen LogP) is 6.94. The van der Waals surface area contributed by atoms with Gasteiger partial charge < -0.3 is 14.7 Å². The minimum Gasteiger partial charge on any atom is -0.476 e. The monoisotopic (exact) mass is 563 g/mol. The van der Waals surface area contributed by atoms with Crippen molar-refractivity contribution in [1.82, 2.24) is 4.98 Å². The van der Waals surface area contributed by atoms with E-state index in [4.69, 9.17) is 21.2 Å². The molecule has 0 bridgehead atoms. The molecule has 8 nitrogen and oxygen atoms in total. The lowest BCUT2D eigenvalue weighted by atomic mass is 9.80. The lowest BCUT2D eigenvalue weighted by Crippen LogP contribution is -2.32. The van der Waals surface area contributed by atoms with E-state index in [-0.39, 0.29) is 15.2 Å². The minimum atomic E-state index is -1.41. The van der Waals surface area contributed by atoms with E-state index in [1.165, 1.54) is 0 Å². The summed E-state index contributed by atoms with van der Waals surface area (Å²) in [6.07, 6.45) is -0.749. The van der Waals surface area contributed by atoms with E-state index >= 15 is 0 Å². The number of nitrogens with zero attached hydrogens (tertiary/aromatic N) is 2. The Balaban J connectivity index is 1.81. The van der Waals surface area contributed by atoms with Crippen molar-refractivity contribution < 1.29 is 24.3 Å². The first-order valence-corrected chi connectivity index (χ1v) is 13.1. The van der Waals surface area contributed by atoms with Gasteiger partial charge in [-0.15, -0.1) is 0 Å². The first kappa shape index (κ1) is 27.8. The topological polar surface area (TPSA) is 110 Å². The first-order valence-electron chi connectivity index (χ1n) is 11.9. The molecular weight excluding hydrogens is 538 g/mol. The molecule has 4 aromatic rings. The number of thiazole rings is 1. The van der Waals surface area contributed by atoms with Crippen LogP contribution in [0.15, 0.2) is 96.2 Å². The van der Waals surface area contributed by atoms with E-state index in [9.17, 15) is 14.7 Å². The zero-order valence-corrected chi connectivity index (χ0v) is 23.0. The van der Waals surface area contributed by atoms with Crippen molar-refractivity contribution in [2.75, 3.05) is 5.32 Å². The van der Waals surface area contributed by atoms with Crippen molar-refractivity contribution in [3.63, 3.8) is 0 Å². The number of amides is 1. The SMILES string of the molecule is CC(C)(C)OC(=O)Nc1nc(C(=NOC(c2ccccc2)(c2ccccc2)c2ccccc2)C(=O)O)c(Cl)s1. The summed E-state index contributed by atoms with van der Waals surface area (Å²) in [6, 6.07) is 28.1. The van der Waals surface area contributed by atoms with E-state index in [1.807, 2.05) is 91.0 Å². The quantitative estimate of drug-likeness (QED) is 0.136. The van der Waals surface area contributed by atoms with Crippen molar-refractivity contribution >= 4 is 45.8 Å². The van der Waals surface area contributed by atoms with Gasteiger partial charge in [0.1, 0.15) is 15.6 Å². The number of hydrogen-bond acceptors (Lipinski definition) is 7. The van der Waals surface area contributed by atoms with Crippen LogP contribution < -0.4 is 5.32 Å². The van der Waals surface area contributed by atoms with Crippen LogP contribution in [0.5, 0.6) is 0 Å². The molecule has 2 N–H and O–H groups in total. The molecule has 0 saturated heterocycles. The summed E-state index contributed by atoms with van der Waals surface area (Å²) in [5.41, 5.74) is -0.521. The highest BCUT2D eigenvalue weighted by atomic mass is 35.5. The van der Waals surface area contributed by atoms with Crippen LogP contribution in [-0.4, -0.2) is 33.5 Å². The zero-order chi connectivity index (χ0) is 28.0. The van der Waals surface area contributed by atoms with Crippen molar-refractivity contribution in [2.24, 2.45) is 5.16 Å². The molecule has 4 rings (SSSR count). The fourth-order valence-electron chi connectivity index (χ4n) is 3.87. The fraction of sp³-hybridized carbons (Fsp3) is 0.172. The fourth-order valence-corrected chi connectivity index (χ4v) is 4.90. The van der Waals surface area contributed by atoms with Crippen LogP contribution in [-0.2, 0) is 20.0 Å². The number of oxime groups is 1. The van der Waals surface area contributed by atoms with Gasteiger partial charge in [0.2, 0.25) is 11.3 Å². The van der Waals surface area contributed by atoms with E-state index in [0.29, 0.717) is 0 Å². The summed E-state index contributed by atoms with van der Waals surface area (Å²) >= 11 is 7.25. The maximum Gasteiger partial charge on any atom is 0.413 e. The second kappa shape index (κ2) is 11.7. The Hall–Kier alpha value is -4.21. The number of aromatic nitrogens is 1. The van der Waals surface area contributed by atoms with Gasteiger partial charge in [0.25, 0.3) is 0 Å². The van der Waals surface area contributed by atoms with Gasteiger partial charge >= 0.3 is 12.1 Å². The molecular formula is C29H26ClN3O5S. The number of rotatable bonds is 8. The van der Waals surface area contributed by atoms with E-state index in [0.717, 1.165) is 28.0 Å². The van der Waals surface area contributed by atoms with Crippen LogP contribution in [0.4, 0.5) is 9.93 Å². The summed E-state index contributed by atoms with van der Waals surface area (Å²) in [5, 5.41) is 16.8. The standard InChI is InChI=1S/C29H26ClN3O5S/c1-28(2,3)37-27(36)32-26-31-22(24(30)39-26)23(25(34)35)33-38-29(19-13-7-4-8-14-19,20-15-9-5-10-16-20)21-17-11-6-12-18-21/h4-18H,1-3H3,(H,34,35)(H,31,32,36). The van der Waals surface area contributed by atoms with Crippen LogP contribution in [0, 0.1) is 0 Å². The number of carbonyl (C=O) groups is 2.